The second kappa shape index (κ2) is 48.0. The van der Waals surface area contributed by atoms with Gasteiger partial charge in [0.1, 0.15) is 24.4 Å². The highest BCUT2D eigenvalue weighted by molar-refractivity contribution is 5.76. The Morgan fingerprint density at radius 1 is 0.515 bits per heavy atom. The van der Waals surface area contributed by atoms with Gasteiger partial charge in [0.2, 0.25) is 5.91 Å². The maximum Gasteiger partial charge on any atom is 0.220 e. The van der Waals surface area contributed by atoms with Crippen LogP contribution in [0.15, 0.2) is 85.1 Å². The van der Waals surface area contributed by atoms with E-state index in [1.165, 1.54) is 135 Å². The molecule has 0 aromatic heterocycles. The van der Waals surface area contributed by atoms with Gasteiger partial charge in [-0.2, -0.15) is 0 Å². The molecule has 0 saturated carbocycles. The normalized spacial score (nSPS) is 20.2. The molecule has 9 nitrogen and oxygen atoms in total. The predicted octanol–water partition coefficient (Wildman–Crippen LogP) is 13.5. The van der Waals surface area contributed by atoms with Crippen LogP contribution in [-0.4, -0.2) is 87.5 Å². The van der Waals surface area contributed by atoms with Crippen molar-refractivity contribution in [3.63, 3.8) is 0 Å². The summed E-state index contributed by atoms with van der Waals surface area (Å²) in [6.45, 7) is 3.62. The fraction of sp³-hybridized carbons (Fsp3) is 0.746. The molecule has 9 heteroatoms. The first-order valence-corrected chi connectivity index (χ1v) is 27.8. The minimum absolute atomic E-state index is 0.189. The summed E-state index contributed by atoms with van der Waals surface area (Å²) in [5.74, 6) is -0.189. The molecule has 1 saturated heterocycles. The lowest BCUT2D eigenvalue weighted by atomic mass is 9.99. The lowest BCUT2D eigenvalue weighted by Crippen LogP contribution is -2.60. The summed E-state index contributed by atoms with van der Waals surface area (Å²) in [7, 11) is 0. The van der Waals surface area contributed by atoms with E-state index in [0.717, 1.165) is 70.6 Å². The maximum atomic E-state index is 13.0. The van der Waals surface area contributed by atoms with E-state index >= 15 is 0 Å². The molecular formula is C59H103NO8. The minimum Gasteiger partial charge on any atom is -0.394 e. The minimum atomic E-state index is -1.57. The Morgan fingerprint density at radius 3 is 1.41 bits per heavy atom. The maximum absolute atomic E-state index is 13.0. The number of amides is 1. The molecule has 392 valence electrons. The topological polar surface area (TPSA) is 149 Å². The molecule has 0 radical (unpaired) electrons. The molecule has 0 spiro atoms. The van der Waals surface area contributed by atoms with Gasteiger partial charge in [-0.05, 0) is 77.0 Å². The van der Waals surface area contributed by atoms with Crippen molar-refractivity contribution in [3.8, 4) is 0 Å². The quantitative estimate of drug-likeness (QED) is 0.0261. The molecule has 6 N–H and O–H groups in total. The summed E-state index contributed by atoms with van der Waals surface area (Å²) in [6.07, 6.45) is 60.9. The zero-order valence-corrected chi connectivity index (χ0v) is 43.3. The van der Waals surface area contributed by atoms with Crippen LogP contribution >= 0.6 is 0 Å². The van der Waals surface area contributed by atoms with E-state index in [-0.39, 0.29) is 12.5 Å². The molecule has 1 fully saturated rings. The van der Waals surface area contributed by atoms with E-state index in [0.29, 0.717) is 6.42 Å². The number of nitrogens with one attached hydrogen (secondary N) is 1. The highest BCUT2D eigenvalue weighted by atomic mass is 16.7. The SMILES string of the molecule is CC/C=C\C/C=C\C/C=C\C/C=C\C/C=C\CCCCCCCCCCCCCCCCCCCC(=O)NC(COC1OC(CO)C(O)C(O)C1O)C(O)/C=C/CC/C=C/CCCCCCCC. The molecule has 1 rings (SSSR count). The number of hydrogen-bond acceptors (Lipinski definition) is 8. The third-order valence-corrected chi connectivity index (χ3v) is 12.7. The van der Waals surface area contributed by atoms with Crippen LogP contribution in [0.4, 0.5) is 0 Å². The lowest BCUT2D eigenvalue weighted by molar-refractivity contribution is -0.302. The van der Waals surface area contributed by atoms with Crippen LogP contribution in [0.2, 0.25) is 0 Å². The van der Waals surface area contributed by atoms with Crippen molar-refractivity contribution in [2.75, 3.05) is 13.2 Å². The zero-order valence-electron chi connectivity index (χ0n) is 43.3. The average Bonchev–Trinajstić information content (AvgIpc) is 3.34. The first-order chi connectivity index (χ1) is 33.3. The summed E-state index contributed by atoms with van der Waals surface area (Å²) in [4.78, 5) is 13.0. The molecule has 1 amide bonds. The molecule has 7 atom stereocenters. The molecular weight excluding hydrogens is 851 g/mol. The van der Waals surface area contributed by atoms with Gasteiger partial charge in [0.25, 0.3) is 0 Å². The van der Waals surface area contributed by atoms with Crippen LogP contribution in [0, 0.1) is 0 Å². The smallest absolute Gasteiger partial charge is 0.220 e. The molecule has 1 aliphatic rings. The van der Waals surface area contributed by atoms with Gasteiger partial charge in [-0.3, -0.25) is 4.79 Å². The standard InChI is InChI=1S/C59H103NO8/c1-3-5-7-9-11-13-15-17-18-19-20-21-22-23-24-25-26-27-28-29-30-31-32-33-34-35-36-37-39-41-43-45-47-49-55(63)60-52(51-67-59-58(66)57(65)56(64)54(50-61)68-59)53(62)48-46-44-42-40-38-16-14-12-10-8-6-4-2/h5,7,11,13,17-18,20-21,23-24,38,40,46,48,52-54,56-59,61-62,64-66H,3-4,6,8-10,12,14-16,19,22,25-37,39,41-45,47,49-51H2,1-2H3,(H,60,63)/b7-5-,13-11-,18-17-,21-20-,24-23-,40-38+,48-46+. The Morgan fingerprint density at radius 2 is 0.926 bits per heavy atom. The summed E-state index contributed by atoms with van der Waals surface area (Å²) in [5, 5.41) is 54.3. The van der Waals surface area contributed by atoms with E-state index in [9.17, 15) is 30.3 Å². The number of ether oxygens (including phenoxy) is 2. The first-order valence-electron chi connectivity index (χ1n) is 27.8. The Bertz CT molecular complexity index is 1340. The van der Waals surface area contributed by atoms with Crippen LogP contribution in [0.1, 0.15) is 226 Å². The second-order valence-electron chi connectivity index (χ2n) is 19.0. The van der Waals surface area contributed by atoms with Crippen molar-refractivity contribution in [3.05, 3.63) is 85.1 Å². The monoisotopic (exact) mass is 954 g/mol. The van der Waals surface area contributed by atoms with E-state index in [4.69, 9.17) is 9.47 Å². The number of unbranched alkanes of at least 4 members (excludes halogenated alkanes) is 24. The number of rotatable bonds is 46. The largest absolute Gasteiger partial charge is 0.394 e. The van der Waals surface area contributed by atoms with Crippen molar-refractivity contribution < 1.29 is 39.8 Å². The number of allylic oxidation sites excluding steroid dienone is 13. The van der Waals surface area contributed by atoms with Crippen molar-refractivity contribution in [1.29, 1.82) is 0 Å². The first kappa shape index (κ1) is 63.4. The summed E-state index contributed by atoms with van der Waals surface area (Å²) in [6, 6.07) is -0.823. The van der Waals surface area contributed by atoms with Crippen molar-refractivity contribution in [1.82, 2.24) is 5.32 Å². The third-order valence-electron chi connectivity index (χ3n) is 12.7. The number of hydrogen-bond donors (Lipinski definition) is 6. The van der Waals surface area contributed by atoms with Crippen molar-refractivity contribution >= 4 is 5.91 Å². The van der Waals surface area contributed by atoms with Gasteiger partial charge in [-0.1, -0.05) is 227 Å². The number of carbonyl (C=O) groups is 1. The number of aliphatic hydroxyl groups excluding tert-OH is 5. The van der Waals surface area contributed by atoms with Crippen LogP contribution in [0.5, 0.6) is 0 Å². The fourth-order valence-electron chi connectivity index (χ4n) is 8.32. The Balaban J connectivity index is 2.14. The molecule has 0 bridgehead atoms. The van der Waals surface area contributed by atoms with Gasteiger partial charge >= 0.3 is 0 Å². The molecule has 1 heterocycles. The average molecular weight is 954 g/mol. The van der Waals surface area contributed by atoms with Gasteiger partial charge in [-0.25, -0.2) is 0 Å². The Kier molecular flexibility index (Phi) is 44.8. The second-order valence-corrected chi connectivity index (χ2v) is 19.0. The zero-order chi connectivity index (χ0) is 49.4. The van der Waals surface area contributed by atoms with Crippen molar-refractivity contribution in [2.45, 2.75) is 269 Å². The number of carbonyl (C=O) groups excluding carboxylic acids is 1. The summed E-state index contributed by atoms with van der Waals surface area (Å²) < 4.78 is 11.2. The van der Waals surface area contributed by atoms with Crippen LogP contribution in [0.25, 0.3) is 0 Å². The highest BCUT2D eigenvalue weighted by Crippen LogP contribution is 2.23. The summed E-state index contributed by atoms with van der Waals surface area (Å²) in [5.41, 5.74) is 0. The number of aliphatic hydroxyl groups is 5. The Labute approximate surface area is 416 Å². The van der Waals surface area contributed by atoms with Gasteiger partial charge in [0.05, 0.1) is 25.4 Å². The highest BCUT2D eigenvalue weighted by Gasteiger charge is 2.44. The molecule has 0 aromatic carbocycles. The fourth-order valence-corrected chi connectivity index (χ4v) is 8.32. The Hall–Kier alpha value is -2.63. The van der Waals surface area contributed by atoms with Gasteiger partial charge < -0.3 is 40.3 Å². The van der Waals surface area contributed by atoms with Gasteiger partial charge in [0.15, 0.2) is 6.29 Å². The lowest BCUT2D eigenvalue weighted by Gasteiger charge is -2.40. The van der Waals surface area contributed by atoms with Crippen LogP contribution in [0.3, 0.4) is 0 Å². The molecule has 7 unspecified atom stereocenters. The van der Waals surface area contributed by atoms with Crippen LogP contribution in [-0.2, 0) is 14.3 Å². The third kappa shape index (κ3) is 37.2. The predicted molar refractivity (Wildman–Crippen MR) is 285 cm³/mol. The summed E-state index contributed by atoms with van der Waals surface area (Å²) >= 11 is 0. The van der Waals surface area contributed by atoms with Crippen LogP contribution < -0.4 is 5.32 Å². The van der Waals surface area contributed by atoms with Crippen molar-refractivity contribution in [2.24, 2.45) is 0 Å². The molecule has 0 aromatic rings. The van der Waals surface area contributed by atoms with E-state index in [1.54, 1.807) is 6.08 Å². The van der Waals surface area contributed by atoms with Gasteiger partial charge in [-0.15, -0.1) is 0 Å². The molecule has 68 heavy (non-hydrogen) atoms. The van der Waals surface area contributed by atoms with E-state index < -0.39 is 49.5 Å². The van der Waals surface area contributed by atoms with E-state index in [1.807, 2.05) is 6.08 Å². The molecule has 0 aliphatic carbocycles. The van der Waals surface area contributed by atoms with E-state index in [2.05, 4.69) is 92.1 Å². The van der Waals surface area contributed by atoms with Gasteiger partial charge in [0, 0.05) is 6.42 Å². The molecule has 1 aliphatic heterocycles.